The Bertz CT molecular complexity index is 1220. The van der Waals surface area contributed by atoms with E-state index in [1.54, 1.807) is 11.0 Å². The van der Waals surface area contributed by atoms with E-state index in [9.17, 15) is 22.7 Å². The minimum atomic E-state index is -3.84. The van der Waals surface area contributed by atoms with Gasteiger partial charge in [0.25, 0.3) is 0 Å². The van der Waals surface area contributed by atoms with Crippen molar-refractivity contribution in [2.45, 2.75) is 55.7 Å². The minimum Gasteiger partial charge on any atom is -0.386 e. The summed E-state index contributed by atoms with van der Waals surface area (Å²) >= 11 is 0. The van der Waals surface area contributed by atoms with Crippen molar-refractivity contribution < 1.29 is 22.7 Å². The maximum absolute atomic E-state index is 14.0. The number of rotatable bonds is 6. The number of anilines is 1. The molecule has 34 heavy (non-hydrogen) atoms. The fraction of sp³-hybridized carbons (Fsp3) is 0.458. The van der Waals surface area contributed by atoms with Crippen LogP contribution in [0.2, 0.25) is 0 Å². The molecule has 8 nitrogen and oxygen atoms in total. The summed E-state index contributed by atoms with van der Waals surface area (Å²) in [6.07, 6.45) is 3.18. The standard InChI is InChI=1S/C24H27FN4O4S/c1-24(2,31)20-11-19(6-7-21(20)25)34(32,33)10-9-23(30)28-14-17-4-5-18(15-28)29(17)22-8-3-16(12-26)13-27-22/h3,6-8,11,13,17-18,31H,4-5,9-10,14-15H2,1-2H3. The van der Waals surface area contributed by atoms with Gasteiger partial charge in [-0.15, -0.1) is 0 Å². The summed E-state index contributed by atoms with van der Waals surface area (Å²) in [4.78, 5) is 21.1. The van der Waals surface area contributed by atoms with E-state index in [1.165, 1.54) is 20.0 Å². The molecule has 2 aromatic rings. The number of hydrogen-bond acceptors (Lipinski definition) is 7. The van der Waals surface area contributed by atoms with E-state index < -0.39 is 27.0 Å². The molecule has 2 aliphatic rings. The van der Waals surface area contributed by atoms with Crippen LogP contribution in [0.5, 0.6) is 0 Å². The number of fused-ring (bicyclic) bond motifs is 2. The summed E-state index contributed by atoms with van der Waals surface area (Å²) in [6.45, 7) is 3.73. The molecule has 2 aliphatic heterocycles. The lowest BCUT2D eigenvalue weighted by Gasteiger charge is -2.41. The summed E-state index contributed by atoms with van der Waals surface area (Å²) in [5, 5.41) is 19.1. The molecule has 4 rings (SSSR count). The molecule has 0 spiro atoms. The predicted molar refractivity (Wildman–Crippen MR) is 123 cm³/mol. The van der Waals surface area contributed by atoms with Gasteiger partial charge in [0.1, 0.15) is 17.7 Å². The molecule has 3 heterocycles. The van der Waals surface area contributed by atoms with Crippen LogP contribution in [0.1, 0.15) is 44.2 Å². The van der Waals surface area contributed by atoms with Crippen molar-refractivity contribution in [3.05, 3.63) is 53.5 Å². The second-order valence-corrected chi connectivity index (χ2v) is 11.5. The first-order chi connectivity index (χ1) is 16.0. The van der Waals surface area contributed by atoms with Crippen LogP contribution in [-0.4, -0.2) is 60.2 Å². The van der Waals surface area contributed by atoms with Gasteiger partial charge in [-0.1, -0.05) is 0 Å². The Labute approximate surface area is 198 Å². The summed E-state index contributed by atoms with van der Waals surface area (Å²) < 4.78 is 39.7. The lowest BCUT2D eigenvalue weighted by atomic mass is 9.98. The number of aromatic nitrogens is 1. The molecule has 2 fully saturated rings. The van der Waals surface area contributed by atoms with Crippen molar-refractivity contribution in [3.63, 3.8) is 0 Å². The zero-order chi connectivity index (χ0) is 24.7. The number of likely N-dealkylation sites (tertiary alicyclic amines) is 1. The zero-order valence-corrected chi connectivity index (χ0v) is 19.9. The second-order valence-electron chi connectivity index (χ2n) is 9.38. The number of halogens is 1. The highest BCUT2D eigenvalue weighted by Crippen LogP contribution is 2.34. The fourth-order valence-corrected chi connectivity index (χ4v) is 6.00. The topological polar surface area (TPSA) is 115 Å². The number of carbonyl (C=O) groups is 1. The van der Waals surface area contributed by atoms with Gasteiger partial charge in [0.15, 0.2) is 9.84 Å². The van der Waals surface area contributed by atoms with E-state index in [1.807, 2.05) is 6.07 Å². The highest BCUT2D eigenvalue weighted by atomic mass is 32.2. The second kappa shape index (κ2) is 8.96. The Morgan fingerprint density at radius 1 is 1.24 bits per heavy atom. The highest BCUT2D eigenvalue weighted by molar-refractivity contribution is 7.91. The van der Waals surface area contributed by atoms with Crippen LogP contribution in [-0.2, 0) is 20.2 Å². The van der Waals surface area contributed by atoms with Crippen molar-refractivity contribution in [2.75, 3.05) is 23.7 Å². The van der Waals surface area contributed by atoms with E-state index in [2.05, 4.69) is 16.0 Å². The Balaban J connectivity index is 1.41. The van der Waals surface area contributed by atoms with Gasteiger partial charge in [-0.3, -0.25) is 4.79 Å². The molecule has 2 unspecified atom stereocenters. The van der Waals surface area contributed by atoms with E-state index >= 15 is 0 Å². The van der Waals surface area contributed by atoms with Gasteiger partial charge >= 0.3 is 0 Å². The third-order valence-corrected chi connectivity index (χ3v) is 8.23. The van der Waals surface area contributed by atoms with Gasteiger partial charge in [-0.05, 0) is 57.0 Å². The third-order valence-electron chi connectivity index (χ3n) is 6.52. The molecule has 2 bridgehead atoms. The molecule has 180 valence electrons. The molecule has 10 heteroatoms. The number of piperazine rings is 1. The van der Waals surface area contributed by atoms with Gasteiger partial charge in [0.2, 0.25) is 5.91 Å². The van der Waals surface area contributed by atoms with Crippen molar-refractivity contribution in [2.24, 2.45) is 0 Å². The SMILES string of the molecule is CC(C)(O)c1cc(S(=O)(=O)CCC(=O)N2CC3CCC(C2)N3c2ccc(C#N)cn2)ccc1F. The van der Waals surface area contributed by atoms with Crippen LogP contribution in [0.4, 0.5) is 10.2 Å². The number of hydrogen-bond donors (Lipinski definition) is 1. The van der Waals surface area contributed by atoms with Crippen molar-refractivity contribution >= 4 is 21.6 Å². The number of carbonyl (C=O) groups excluding carboxylic acids is 1. The van der Waals surface area contributed by atoms with E-state index in [0.29, 0.717) is 18.7 Å². The average Bonchev–Trinajstić information content (AvgIpc) is 3.05. The van der Waals surface area contributed by atoms with Crippen LogP contribution in [0.25, 0.3) is 0 Å². The van der Waals surface area contributed by atoms with Crippen molar-refractivity contribution in [3.8, 4) is 6.07 Å². The Hall–Kier alpha value is -3.03. The maximum atomic E-state index is 14.0. The van der Waals surface area contributed by atoms with Gasteiger partial charge < -0.3 is 14.9 Å². The smallest absolute Gasteiger partial charge is 0.223 e. The number of aliphatic hydroxyl groups is 1. The van der Waals surface area contributed by atoms with Crippen molar-refractivity contribution in [1.29, 1.82) is 5.26 Å². The summed E-state index contributed by atoms with van der Waals surface area (Å²) in [5.41, 5.74) is -1.15. The number of nitrogens with zero attached hydrogens (tertiary/aromatic N) is 4. The van der Waals surface area contributed by atoms with E-state index in [0.717, 1.165) is 36.9 Å². The maximum Gasteiger partial charge on any atom is 0.223 e. The first-order valence-electron chi connectivity index (χ1n) is 11.2. The van der Waals surface area contributed by atoms with Gasteiger partial charge in [-0.25, -0.2) is 17.8 Å². The number of pyridine rings is 1. The number of amides is 1. The number of sulfone groups is 1. The third kappa shape index (κ3) is 4.76. The Morgan fingerprint density at radius 2 is 1.91 bits per heavy atom. The van der Waals surface area contributed by atoms with Crippen LogP contribution in [0.15, 0.2) is 41.4 Å². The van der Waals surface area contributed by atoms with E-state index in [4.69, 9.17) is 5.26 Å². The molecule has 0 aliphatic carbocycles. The summed E-state index contributed by atoms with van der Waals surface area (Å²) in [6, 6.07) is 9.10. The van der Waals surface area contributed by atoms with Crippen molar-refractivity contribution in [1.82, 2.24) is 9.88 Å². The molecular weight excluding hydrogens is 459 g/mol. The molecular formula is C24H27FN4O4S. The minimum absolute atomic E-state index is 0.0891. The van der Waals surface area contributed by atoms with Gasteiger partial charge in [0, 0.05) is 43.4 Å². The van der Waals surface area contributed by atoms with E-state index in [-0.39, 0.29) is 34.9 Å². The molecule has 1 N–H and O–H groups in total. The predicted octanol–water partition coefficient (Wildman–Crippen LogP) is 2.36. The molecule has 0 radical (unpaired) electrons. The molecule has 1 amide bonds. The fourth-order valence-electron chi connectivity index (χ4n) is 4.75. The van der Waals surface area contributed by atoms with Gasteiger partial charge in [-0.2, -0.15) is 5.26 Å². The molecule has 1 aromatic heterocycles. The Kier molecular flexibility index (Phi) is 6.36. The number of nitriles is 1. The molecule has 0 saturated carbocycles. The molecule has 2 atom stereocenters. The van der Waals surface area contributed by atoms with Gasteiger partial charge in [0.05, 0.1) is 21.8 Å². The Morgan fingerprint density at radius 3 is 2.47 bits per heavy atom. The largest absolute Gasteiger partial charge is 0.386 e. The average molecular weight is 487 g/mol. The van der Waals surface area contributed by atoms with Crippen LogP contribution >= 0.6 is 0 Å². The zero-order valence-electron chi connectivity index (χ0n) is 19.1. The monoisotopic (exact) mass is 486 g/mol. The molecule has 2 saturated heterocycles. The van der Waals surface area contributed by atoms with Crippen LogP contribution < -0.4 is 4.90 Å². The quantitative estimate of drug-likeness (QED) is 0.624. The van der Waals surface area contributed by atoms with Crippen LogP contribution in [0, 0.1) is 17.1 Å². The highest BCUT2D eigenvalue weighted by Gasteiger charge is 2.42. The lowest BCUT2D eigenvalue weighted by Crippen LogP contribution is -2.55. The lowest BCUT2D eigenvalue weighted by molar-refractivity contribution is -0.131. The summed E-state index contributed by atoms with van der Waals surface area (Å²) in [5.74, 6) is -0.541. The number of benzene rings is 1. The van der Waals surface area contributed by atoms with Crippen LogP contribution in [0.3, 0.4) is 0 Å². The molecule has 1 aromatic carbocycles. The first kappa shape index (κ1) is 24.1. The first-order valence-corrected chi connectivity index (χ1v) is 12.8. The normalized spacial score (nSPS) is 20.3. The summed E-state index contributed by atoms with van der Waals surface area (Å²) in [7, 11) is -3.84.